The van der Waals surface area contributed by atoms with Crippen LogP contribution in [0.1, 0.15) is 16.1 Å². The zero-order valence-electron chi connectivity index (χ0n) is 7.95. The Balaban J connectivity index is 3.23. The van der Waals surface area contributed by atoms with Gasteiger partial charge in [-0.2, -0.15) is 0 Å². The summed E-state index contributed by atoms with van der Waals surface area (Å²) >= 11 is 0. The van der Waals surface area contributed by atoms with Crippen LogP contribution in [0.3, 0.4) is 0 Å². The van der Waals surface area contributed by atoms with Gasteiger partial charge in [-0.1, -0.05) is 0 Å². The summed E-state index contributed by atoms with van der Waals surface area (Å²) in [7, 11) is 0. The second kappa shape index (κ2) is 4.44. The molecular weight excluding hydrogens is 250 g/mol. The minimum Gasteiger partial charge on any atom is -0.503 e. The fraction of sp³-hybridized carbons (Fsp3) is 0.250. The molecule has 2 N–H and O–H groups in total. The average molecular weight is 255 g/mol. The highest BCUT2D eigenvalue weighted by molar-refractivity contribution is 5.89. The van der Waals surface area contributed by atoms with Crippen molar-refractivity contribution in [1.82, 2.24) is 4.98 Å². The topological polar surface area (TPSA) is 79.7 Å². The molecule has 5 nitrogen and oxygen atoms in total. The smallest absolute Gasteiger partial charge is 0.503 e. The van der Waals surface area contributed by atoms with E-state index in [2.05, 4.69) is 9.72 Å². The Labute approximate surface area is 91.3 Å². The predicted octanol–water partition coefficient (Wildman–Crippen LogP) is 1.85. The van der Waals surface area contributed by atoms with Crippen LogP contribution in [0.2, 0.25) is 0 Å². The fourth-order valence-corrected chi connectivity index (χ4v) is 0.994. The molecule has 1 rings (SSSR count). The SMILES string of the molecule is O=C(O)c1cc(O)c(OC(F)(F)F)nc1CF. The summed E-state index contributed by atoms with van der Waals surface area (Å²) in [5, 5.41) is 17.6. The summed E-state index contributed by atoms with van der Waals surface area (Å²) in [4.78, 5) is 13.5. The van der Waals surface area contributed by atoms with Crippen molar-refractivity contribution >= 4 is 5.97 Å². The Morgan fingerprint density at radius 2 is 2.06 bits per heavy atom. The molecule has 0 spiro atoms. The summed E-state index contributed by atoms with van der Waals surface area (Å²) in [5.41, 5.74) is -1.51. The summed E-state index contributed by atoms with van der Waals surface area (Å²) in [6.07, 6.45) is -5.12. The first-order chi connectivity index (χ1) is 7.74. The van der Waals surface area contributed by atoms with Gasteiger partial charge >= 0.3 is 12.3 Å². The predicted molar refractivity (Wildman–Crippen MR) is 44.4 cm³/mol. The molecule has 1 heterocycles. The number of aromatic nitrogens is 1. The normalized spacial score (nSPS) is 11.3. The van der Waals surface area contributed by atoms with E-state index in [4.69, 9.17) is 10.2 Å². The van der Waals surface area contributed by atoms with E-state index in [1.54, 1.807) is 0 Å². The minimum absolute atomic E-state index is 0.436. The third-order valence-corrected chi connectivity index (χ3v) is 1.62. The van der Waals surface area contributed by atoms with Crippen LogP contribution in [0.15, 0.2) is 6.07 Å². The molecule has 0 fully saturated rings. The second-order valence-corrected chi connectivity index (χ2v) is 2.79. The van der Waals surface area contributed by atoms with Crippen molar-refractivity contribution in [3.05, 3.63) is 17.3 Å². The maximum absolute atomic E-state index is 12.3. The summed E-state index contributed by atoms with van der Waals surface area (Å²) in [6, 6.07) is 0.436. The standard InChI is InChI=1S/C8H5F4NO4/c9-2-4-3(7(15)16)1-5(14)6(13-4)17-8(10,11)12/h1,14H,2H2,(H,15,16). The van der Waals surface area contributed by atoms with Gasteiger partial charge in [-0.05, 0) is 0 Å². The lowest BCUT2D eigenvalue weighted by atomic mass is 10.2. The number of aromatic carboxylic acids is 1. The molecule has 0 aliphatic heterocycles. The van der Waals surface area contributed by atoms with Gasteiger partial charge in [0.15, 0.2) is 5.75 Å². The summed E-state index contributed by atoms with van der Waals surface area (Å²) < 4.78 is 51.1. The van der Waals surface area contributed by atoms with E-state index in [1.165, 1.54) is 0 Å². The second-order valence-electron chi connectivity index (χ2n) is 2.79. The number of carbonyl (C=O) groups is 1. The molecular formula is C8H5F4NO4. The first-order valence-electron chi connectivity index (χ1n) is 4.02. The average Bonchev–Trinajstić information content (AvgIpc) is 2.18. The number of rotatable bonds is 3. The molecule has 94 valence electrons. The maximum Gasteiger partial charge on any atom is 0.574 e. The van der Waals surface area contributed by atoms with E-state index in [-0.39, 0.29) is 0 Å². The first kappa shape index (κ1) is 13.0. The van der Waals surface area contributed by atoms with Crippen LogP contribution in [-0.4, -0.2) is 27.5 Å². The van der Waals surface area contributed by atoms with E-state index in [9.17, 15) is 22.4 Å². The highest BCUT2D eigenvalue weighted by Gasteiger charge is 2.34. The van der Waals surface area contributed by atoms with Crippen molar-refractivity contribution in [2.75, 3.05) is 0 Å². The van der Waals surface area contributed by atoms with Crippen molar-refractivity contribution < 1.29 is 37.3 Å². The van der Waals surface area contributed by atoms with Gasteiger partial charge in [0.25, 0.3) is 5.88 Å². The van der Waals surface area contributed by atoms with E-state index in [1.807, 2.05) is 0 Å². The Morgan fingerprint density at radius 1 is 1.47 bits per heavy atom. The minimum atomic E-state index is -5.12. The molecule has 1 aromatic rings. The Bertz CT molecular complexity index is 446. The van der Waals surface area contributed by atoms with Crippen molar-refractivity contribution in [2.45, 2.75) is 13.0 Å². The zero-order chi connectivity index (χ0) is 13.2. The lowest BCUT2D eigenvalue weighted by molar-refractivity contribution is -0.276. The zero-order valence-corrected chi connectivity index (χ0v) is 7.95. The first-order valence-corrected chi connectivity index (χ1v) is 4.02. The maximum atomic E-state index is 12.3. The van der Waals surface area contributed by atoms with Gasteiger partial charge < -0.3 is 14.9 Å². The molecule has 1 aromatic heterocycles. The number of nitrogens with zero attached hydrogens (tertiary/aromatic N) is 1. The largest absolute Gasteiger partial charge is 0.574 e. The van der Waals surface area contributed by atoms with Crippen LogP contribution in [-0.2, 0) is 6.67 Å². The van der Waals surface area contributed by atoms with Crippen molar-refractivity contribution in [2.24, 2.45) is 0 Å². The summed E-state index contributed by atoms with van der Waals surface area (Å²) in [5.74, 6) is -4.06. The molecule has 0 amide bonds. The molecule has 0 aliphatic rings. The van der Waals surface area contributed by atoms with Gasteiger partial charge in [0.2, 0.25) is 0 Å². The molecule has 0 aliphatic carbocycles. The van der Waals surface area contributed by atoms with Crippen LogP contribution in [0.5, 0.6) is 11.6 Å². The number of pyridine rings is 1. The lowest BCUT2D eigenvalue weighted by Gasteiger charge is -2.11. The van der Waals surface area contributed by atoms with Gasteiger partial charge in [0.1, 0.15) is 6.67 Å². The number of carboxylic acid groups (broad SMARTS) is 1. The molecule has 0 atom stereocenters. The van der Waals surface area contributed by atoms with Gasteiger partial charge in [-0.15, -0.1) is 13.2 Å². The molecule has 9 heteroatoms. The third-order valence-electron chi connectivity index (χ3n) is 1.62. The van der Waals surface area contributed by atoms with E-state index >= 15 is 0 Å². The van der Waals surface area contributed by atoms with E-state index < -0.39 is 41.9 Å². The van der Waals surface area contributed by atoms with Crippen LogP contribution in [0.4, 0.5) is 17.6 Å². The van der Waals surface area contributed by atoms with Crippen LogP contribution >= 0.6 is 0 Å². The lowest BCUT2D eigenvalue weighted by Crippen LogP contribution is -2.19. The number of halogens is 4. The molecule has 17 heavy (non-hydrogen) atoms. The van der Waals surface area contributed by atoms with Gasteiger partial charge in [-0.3, -0.25) is 0 Å². The van der Waals surface area contributed by atoms with Gasteiger partial charge in [0, 0.05) is 6.07 Å². The quantitative estimate of drug-likeness (QED) is 0.806. The fourth-order valence-electron chi connectivity index (χ4n) is 0.994. The van der Waals surface area contributed by atoms with Crippen molar-refractivity contribution in [1.29, 1.82) is 0 Å². The molecule has 0 aromatic carbocycles. The number of alkyl halides is 4. The molecule has 0 unspecified atom stereocenters. The number of hydrogen-bond donors (Lipinski definition) is 2. The van der Waals surface area contributed by atoms with E-state index in [0.717, 1.165) is 0 Å². The molecule has 0 saturated heterocycles. The number of carboxylic acids is 1. The molecule has 0 saturated carbocycles. The highest BCUT2D eigenvalue weighted by Crippen LogP contribution is 2.31. The highest BCUT2D eigenvalue weighted by atomic mass is 19.4. The van der Waals surface area contributed by atoms with Crippen LogP contribution in [0, 0.1) is 0 Å². The van der Waals surface area contributed by atoms with Crippen molar-refractivity contribution in [3.8, 4) is 11.6 Å². The number of aromatic hydroxyl groups is 1. The molecule has 0 radical (unpaired) electrons. The Kier molecular flexibility index (Phi) is 3.39. The third kappa shape index (κ3) is 3.20. The van der Waals surface area contributed by atoms with Gasteiger partial charge in [-0.25, -0.2) is 14.2 Å². The Morgan fingerprint density at radius 3 is 2.47 bits per heavy atom. The summed E-state index contributed by atoms with van der Waals surface area (Å²) in [6.45, 7) is -1.41. The number of ether oxygens (including phenoxy) is 1. The van der Waals surface area contributed by atoms with E-state index in [0.29, 0.717) is 6.07 Å². The van der Waals surface area contributed by atoms with Gasteiger partial charge in [0.05, 0.1) is 11.3 Å². The van der Waals surface area contributed by atoms with Crippen LogP contribution in [0.25, 0.3) is 0 Å². The monoisotopic (exact) mass is 255 g/mol. The molecule has 0 bridgehead atoms. The number of hydrogen-bond acceptors (Lipinski definition) is 4. The van der Waals surface area contributed by atoms with Crippen LogP contribution < -0.4 is 4.74 Å². The Hall–Kier alpha value is -2.06. The van der Waals surface area contributed by atoms with Crippen molar-refractivity contribution in [3.63, 3.8) is 0 Å².